The molecule has 0 bridgehead atoms. The Labute approximate surface area is 293 Å². The Bertz CT molecular complexity index is 1860. The first kappa shape index (κ1) is 33.7. The zero-order valence-corrected chi connectivity index (χ0v) is 29.0. The summed E-state index contributed by atoms with van der Waals surface area (Å²) in [7, 11) is 0. The Kier molecular flexibility index (Phi) is 10.8. The third-order valence-corrected chi connectivity index (χ3v) is 11.2. The van der Waals surface area contributed by atoms with Gasteiger partial charge in [0.25, 0.3) is 5.91 Å². The van der Waals surface area contributed by atoms with Crippen molar-refractivity contribution in [1.82, 2.24) is 19.1 Å². The smallest absolute Gasteiger partial charge is 0.340 e. The summed E-state index contributed by atoms with van der Waals surface area (Å²) in [6, 6.07) is 30.7. The van der Waals surface area contributed by atoms with Gasteiger partial charge in [-0.25, -0.2) is 9.78 Å². The molecule has 11 heteroatoms. The number of fused-ring (bicyclic) bond motifs is 1. The van der Waals surface area contributed by atoms with Crippen LogP contribution in [0, 0.1) is 0 Å². The highest BCUT2D eigenvalue weighted by Crippen LogP contribution is 2.39. The van der Waals surface area contributed by atoms with Crippen molar-refractivity contribution in [2.75, 3.05) is 32.8 Å². The second-order valence-electron chi connectivity index (χ2n) is 11.3. The molecule has 0 unspecified atom stereocenters. The number of halogens is 1. The molecule has 1 saturated heterocycles. The van der Waals surface area contributed by atoms with Crippen molar-refractivity contribution < 1.29 is 19.1 Å². The lowest BCUT2D eigenvalue weighted by Crippen LogP contribution is -2.54. The highest BCUT2D eigenvalue weighted by atomic mass is 35.5. The van der Waals surface area contributed by atoms with Gasteiger partial charge in [0.05, 0.1) is 23.2 Å². The number of pyridine rings is 1. The molecule has 0 saturated carbocycles. The van der Waals surface area contributed by atoms with E-state index in [4.69, 9.17) is 16.3 Å². The van der Waals surface area contributed by atoms with Crippen LogP contribution in [-0.4, -0.2) is 75.7 Å². The summed E-state index contributed by atoms with van der Waals surface area (Å²) in [5.41, 5.74) is 2.60. The van der Waals surface area contributed by atoms with Gasteiger partial charge in [0.15, 0.2) is 0 Å². The van der Waals surface area contributed by atoms with E-state index in [2.05, 4.69) is 34.1 Å². The van der Waals surface area contributed by atoms with Crippen LogP contribution in [-0.2, 0) is 9.53 Å². The number of benzene rings is 3. The van der Waals surface area contributed by atoms with Gasteiger partial charge in [0.1, 0.15) is 15.9 Å². The van der Waals surface area contributed by atoms with Crippen LogP contribution in [0.5, 0.6) is 0 Å². The zero-order chi connectivity index (χ0) is 33.6. The molecule has 0 aliphatic carbocycles. The van der Waals surface area contributed by atoms with Gasteiger partial charge in [0, 0.05) is 54.4 Å². The molecule has 1 atom stereocenters. The second kappa shape index (κ2) is 15.3. The third kappa shape index (κ3) is 7.12. The maximum absolute atomic E-state index is 14.3. The maximum Gasteiger partial charge on any atom is 0.340 e. The number of ether oxygens (including phenoxy) is 1. The van der Waals surface area contributed by atoms with Crippen LogP contribution in [0.4, 0.5) is 0 Å². The average molecular weight is 699 g/mol. The lowest BCUT2D eigenvalue weighted by molar-refractivity contribution is -0.136. The number of thiophene rings is 1. The third-order valence-electron chi connectivity index (χ3n) is 8.31. The predicted molar refractivity (Wildman–Crippen MR) is 191 cm³/mol. The number of amides is 2. The van der Waals surface area contributed by atoms with E-state index in [9.17, 15) is 14.4 Å². The lowest BCUT2D eigenvalue weighted by atomic mass is 9.96. The minimum Gasteiger partial charge on any atom is -0.462 e. The first-order chi connectivity index (χ1) is 23.4. The number of rotatable bonds is 10. The van der Waals surface area contributed by atoms with E-state index in [0.29, 0.717) is 36.1 Å². The van der Waals surface area contributed by atoms with Gasteiger partial charge in [-0.05, 0) is 43.2 Å². The molecule has 246 valence electrons. The SMILES string of the molecule is CCOC(=O)c1cccnc1SN(C(=O)c1sc2ccccc2c1Cl)[C@H](C)C(=O)N1CCN(C(c2ccccc2)c2ccccc2)CC1. The molecule has 0 radical (unpaired) electrons. The van der Waals surface area contributed by atoms with Crippen LogP contribution in [0.3, 0.4) is 0 Å². The van der Waals surface area contributed by atoms with E-state index < -0.39 is 17.9 Å². The summed E-state index contributed by atoms with van der Waals surface area (Å²) in [6.45, 7) is 5.93. The summed E-state index contributed by atoms with van der Waals surface area (Å²) in [4.78, 5) is 50.3. The standard InChI is InChI=1S/C37H35ClN4O4S2/c1-3-46-37(45)29-18-12-20-39-34(29)48-42(36(44)33-31(38)28-17-10-11-19-30(28)47-33)25(2)35(43)41-23-21-40(22-24-41)32(26-13-6-4-7-14-26)27-15-8-5-9-16-27/h4-20,25,32H,3,21-24H2,1-2H3/t25-/m1/s1. The van der Waals surface area contributed by atoms with Crippen molar-refractivity contribution in [3.63, 3.8) is 0 Å². The molecule has 0 spiro atoms. The number of carbonyl (C=O) groups is 3. The minimum atomic E-state index is -0.897. The van der Waals surface area contributed by atoms with E-state index >= 15 is 0 Å². The van der Waals surface area contributed by atoms with Crippen LogP contribution in [0.2, 0.25) is 5.02 Å². The van der Waals surface area contributed by atoms with Gasteiger partial charge in [-0.3, -0.25) is 18.8 Å². The molecule has 3 heterocycles. The first-order valence-corrected chi connectivity index (χ1v) is 17.8. The quantitative estimate of drug-likeness (QED) is 0.110. The molecule has 5 aromatic rings. The first-order valence-electron chi connectivity index (χ1n) is 15.8. The Morgan fingerprint density at radius 1 is 0.896 bits per heavy atom. The Balaban J connectivity index is 1.26. The van der Waals surface area contributed by atoms with Crippen molar-refractivity contribution in [1.29, 1.82) is 0 Å². The molecule has 2 amide bonds. The minimum absolute atomic E-state index is 0.0521. The van der Waals surface area contributed by atoms with E-state index in [1.54, 1.807) is 32.2 Å². The van der Waals surface area contributed by atoms with Crippen molar-refractivity contribution in [3.8, 4) is 0 Å². The molecule has 1 aliphatic heterocycles. The number of carbonyl (C=O) groups excluding carboxylic acids is 3. The molecule has 2 aromatic heterocycles. The van der Waals surface area contributed by atoms with Gasteiger partial charge >= 0.3 is 5.97 Å². The Hall–Kier alpha value is -4.22. The number of hydrogen-bond acceptors (Lipinski definition) is 8. The van der Waals surface area contributed by atoms with Crippen molar-refractivity contribution in [3.05, 3.63) is 130 Å². The number of aromatic nitrogens is 1. The molecule has 1 fully saturated rings. The van der Waals surface area contributed by atoms with E-state index in [0.717, 1.165) is 22.0 Å². The highest BCUT2D eigenvalue weighted by Gasteiger charge is 2.36. The number of hydrogen-bond donors (Lipinski definition) is 0. The average Bonchev–Trinajstić information content (AvgIpc) is 3.47. The second-order valence-corrected chi connectivity index (χ2v) is 13.7. The Morgan fingerprint density at radius 2 is 1.52 bits per heavy atom. The fraction of sp³-hybridized carbons (Fsp3) is 0.243. The molecular formula is C37H35ClN4O4S2. The van der Waals surface area contributed by atoms with Gasteiger partial charge < -0.3 is 9.64 Å². The van der Waals surface area contributed by atoms with E-state index in [1.807, 2.05) is 65.6 Å². The largest absolute Gasteiger partial charge is 0.462 e. The molecule has 48 heavy (non-hydrogen) atoms. The van der Waals surface area contributed by atoms with Gasteiger partial charge in [-0.15, -0.1) is 11.3 Å². The van der Waals surface area contributed by atoms with E-state index in [1.165, 1.54) is 26.8 Å². The van der Waals surface area contributed by atoms with Gasteiger partial charge in [-0.1, -0.05) is 90.5 Å². The van der Waals surface area contributed by atoms with Crippen molar-refractivity contribution in [2.24, 2.45) is 0 Å². The predicted octanol–water partition coefficient (Wildman–Crippen LogP) is 7.60. The molecule has 6 rings (SSSR count). The van der Waals surface area contributed by atoms with Crippen LogP contribution in [0.15, 0.2) is 108 Å². The summed E-state index contributed by atoms with van der Waals surface area (Å²) in [5, 5.41) is 1.36. The summed E-state index contributed by atoms with van der Waals surface area (Å²) in [6.07, 6.45) is 1.54. The van der Waals surface area contributed by atoms with Gasteiger partial charge in [0.2, 0.25) is 5.91 Å². The van der Waals surface area contributed by atoms with Crippen molar-refractivity contribution in [2.45, 2.75) is 31.0 Å². The molecule has 1 aliphatic rings. The zero-order valence-electron chi connectivity index (χ0n) is 26.6. The molecule has 3 aromatic carbocycles. The molecule has 8 nitrogen and oxygen atoms in total. The lowest BCUT2D eigenvalue weighted by Gasteiger charge is -2.41. The monoisotopic (exact) mass is 698 g/mol. The number of esters is 1. The fourth-order valence-electron chi connectivity index (χ4n) is 5.92. The van der Waals surface area contributed by atoms with Crippen LogP contribution in [0.1, 0.15) is 51.0 Å². The molecule has 0 N–H and O–H groups in total. The maximum atomic E-state index is 14.3. The van der Waals surface area contributed by atoms with Crippen molar-refractivity contribution >= 4 is 62.8 Å². The number of nitrogens with zero attached hydrogens (tertiary/aromatic N) is 4. The Morgan fingerprint density at radius 3 is 2.15 bits per heavy atom. The summed E-state index contributed by atoms with van der Waals surface area (Å²) < 4.78 is 7.52. The van der Waals surface area contributed by atoms with Crippen LogP contribution < -0.4 is 0 Å². The van der Waals surface area contributed by atoms with E-state index in [-0.39, 0.29) is 29.1 Å². The van der Waals surface area contributed by atoms with Crippen LogP contribution in [0.25, 0.3) is 10.1 Å². The fourth-order valence-corrected chi connectivity index (χ4v) is 8.39. The molecular weight excluding hydrogens is 664 g/mol. The normalized spacial score (nSPS) is 14.2. The summed E-state index contributed by atoms with van der Waals surface area (Å²) >= 11 is 8.99. The number of piperazine rings is 1. The summed E-state index contributed by atoms with van der Waals surface area (Å²) in [5.74, 6) is -1.18. The van der Waals surface area contributed by atoms with Gasteiger partial charge in [-0.2, -0.15) is 0 Å². The highest BCUT2D eigenvalue weighted by molar-refractivity contribution is 7.97. The van der Waals surface area contributed by atoms with Crippen LogP contribution >= 0.6 is 34.9 Å². The topological polar surface area (TPSA) is 83.0 Å².